The minimum absolute atomic E-state index is 0.359. The summed E-state index contributed by atoms with van der Waals surface area (Å²) in [5.74, 6) is -1.88. The highest BCUT2D eigenvalue weighted by atomic mass is 79.9. The molecule has 25 heavy (non-hydrogen) atoms. The summed E-state index contributed by atoms with van der Waals surface area (Å²) in [6, 6.07) is 5.12. The highest BCUT2D eigenvalue weighted by Crippen LogP contribution is 2.28. The number of imide groups is 1. The number of halogens is 1. The summed E-state index contributed by atoms with van der Waals surface area (Å²) < 4.78 is 0.834. The van der Waals surface area contributed by atoms with Gasteiger partial charge in [-0.15, -0.1) is 0 Å². The molecule has 1 unspecified atom stereocenters. The van der Waals surface area contributed by atoms with Crippen LogP contribution in [0.2, 0.25) is 0 Å². The van der Waals surface area contributed by atoms with Crippen LogP contribution in [0, 0.1) is 5.92 Å². The zero-order valence-electron chi connectivity index (χ0n) is 13.6. The van der Waals surface area contributed by atoms with Gasteiger partial charge in [0.15, 0.2) is 0 Å². The maximum absolute atomic E-state index is 12.6. The number of nitrogens with one attached hydrogen (secondary N) is 3. The first kappa shape index (κ1) is 18.7. The standard InChI is InChI=1S/C15H18BrN5O4/c1-8(2)15(7-11(17)22)12(23)21(14(25)19-15)20-13(24)18-10-5-3-9(16)4-6-10/h3-6,8H,7H2,1-2H3,(H2,17,22)(H,19,25)(H2,18,20,24). The van der Waals surface area contributed by atoms with E-state index in [1.807, 2.05) is 0 Å². The molecule has 0 aromatic heterocycles. The van der Waals surface area contributed by atoms with Crippen molar-refractivity contribution < 1.29 is 19.2 Å². The minimum atomic E-state index is -1.48. The Morgan fingerprint density at radius 2 is 1.88 bits per heavy atom. The second-order valence-corrected chi connectivity index (χ2v) is 6.83. The van der Waals surface area contributed by atoms with Gasteiger partial charge in [-0.3, -0.25) is 9.59 Å². The van der Waals surface area contributed by atoms with Crippen molar-refractivity contribution in [3.8, 4) is 0 Å². The molecule has 134 valence electrons. The van der Waals surface area contributed by atoms with Crippen molar-refractivity contribution in [3.05, 3.63) is 28.7 Å². The topological polar surface area (TPSA) is 134 Å². The third-order valence-electron chi connectivity index (χ3n) is 3.87. The van der Waals surface area contributed by atoms with Crippen LogP contribution in [0.25, 0.3) is 0 Å². The lowest BCUT2D eigenvalue weighted by molar-refractivity contribution is -0.137. The lowest BCUT2D eigenvalue weighted by atomic mass is 9.83. The van der Waals surface area contributed by atoms with Crippen molar-refractivity contribution in [2.45, 2.75) is 25.8 Å². The van der Waals surface area contributed by atoms with Crippen molar-refractivity contribution >= 4 is 45.5 Å². The molecule has 0 radical (unpaired) electrons. The van der Waals surface area contributed by atoms with Gasteiger partial charge in [-0.2, -0.15) is 5.01 Å². The number of primary amides is 1. The van der Waals surface area contributed by atoms with Crippen LogP contribution in [-0.2, 0) is 9.59 Å². The molecule has 9 nitrogen and oxygen atoms in total. The van der Waals surface area contributed by atoms with E-state index in [0.717, 1.165) is 4.47 Å². The summed E-state index contributed by atoms with van der Waals surface area (Å²) in [5, 5.41) is 5.51. The third kappa shape index (κ3) is 3.90. The van der Waals surface area contributed by atoms with E-state index in [4.69, 9.17) is 5.73 Å². The van der Waals surface area contributed by atoms with Crippen LogP contribution in [0.3, 0.4) is 0 Å². The molecule has 1 aliphatic heterocycles. The van der Waals surface area contributed by atoms with E-state index in [9.17, 15) is 19.2 Å². The van der Waals surface area contributed by atoms with E-state index in [1.165, 1.54) is 0 Å². The molecule has 1 aliphatic rings. The summed E-state index contributed by atoms with van der Waals surface area (Å²) in [6.07, 6.45) is -0.359. The van der Waals surface area contributed by atoms with E-state index in [2.05, 4.69) is 32.0 Å². The number of nitrogens with zero attached hydrogens (tertiary/aromatic N) is 1. The Balaban J connectivity index is 2.12. The Kier molecular flexibility index (Phi) is 5.31. The van der Waals surface area contributed by atoms with Crippen LogP contribution < -0.4 is 21.8 Å². The van der Waals surface area contributed by atoms with Gasteiger partial charge in [0.1, 0.15) is 5.54 Å². The molecule has 1 saturated heterocycles. The molecule has 6 amide bonds. The molecule has 0 bridgehead atoms. The van der Waals surface area contributed by atoms with Crippen molar-refractivity contribution in [3.63, 3.8) is 0 Å². The highest BCUT2D eigenvalue weighted by Gasteiger charge is 2.54. The number of hydrazine groups is 1. The van der Waals surface area contributed by atoms with Gasteiger partial charge in [0.05, 0.1) is 6.42 Å². The summed E-state index contributed by atoms with van der Waals surface area (Å²) in [5.41, 5.74) is 6.38. The largest absolute Gasteiger partial charge is 0.370 e. The number of hydrogen-bond donors (Lipinski definition) is 4. The molecule has 1 heterocycles. The number of nitrogens with two attached hydrogens (primary N) is 1. The molecule has 1 fully saturated rings. The number of carbonyl (C=O) groups is 4. The fourth-order valence-corrected chi connectivity index (χ4v) is 2.74. The van der Waals surface area contributed by atoms with Gasteiger partial charge in [-0.1, -0.05) is 29.8 Å². The molecular weight excluding hydrogens is 394 g/mol. The quantitative estimate of drug-likeness (QED) is 0.543. The molecule has 5 N–H and O–H groups in total. The number of carbonyl (C=O) groups excluding carboxylic acids is 4. The van der Waals surface area contributed by atoms with Crippen molar-refractivity contribution in [2.24, 2.45) is 11.7 Å². The number of rotatable bonds is 5. The van der Waals surface area contributed by atoms with Gasteiger partial charge in [0, 0.05) is 10.2 Å². The first-order valence-corrected chi connectivity index (χ1v) is 8.23. The molecule has 10 heteroatoms. The number of amides is 6. The average molecular weight is 412 g/mol. The maximum Gasteiger partial charge on any atom is 0.344 e. The van der Waals surface area contributed by atoms with Gasteiger partial charge in [0.2, 0.25) is 5.91 Å². The summed E-state index contributed by atoms with van der Waals surface area (Å²) in [7, 11) is 0. The van der Waals surface area contributed by atoms with Crippen molar-refractivity contribution in [1.82, 2.24) is 15.8 Å². The number of hydrogen-bond acceptors (Lipinski definition) is 4. The molecule has 1 atom stereocenters. The van der Waals surface area contributed by atoms with Crippen LogP contribution in [0.5, 0.6) is 0 Å². The molecular formula is C15H18BrN5O4. The van der Waals surface area contributed by atoms with Gasteiger partial charge in [-0.05, 0) is 30.2 Å². The molecule has 1 aromatic carbocycles. The molecule has 2 rings (SSSR count). The first-order chi connectivity index (χ1) is 11.7. The maximum atomic E-state index is 12.6. The fourth-order valence-electron chi connectivity index (χ4n) is 2.48. The Morgan fingerprint density at radius 1 is 1.28 bits per heavy atom. The van der Waals surface area contributed by atoms with Gasteiger partial charge in [0.25, 0.3) is 5.91 Å². The number of anilines is 1. The van der Waals surface area contributed by atoms with Gasteiger partial charge >= 0.3 is 12.1 Å². The van der Waals surface area contributed by atoms with Crippen molar-refractivity contribution in [2.75, 3.05) is 5.32 Å². The number of urea groups is 2. The SMILES string of the molecule is CC(C)C1(CC(N)=O)NC(=O)N(NC(=O)Nc2ccc(Br)cc2)C1=O. The second kappa shape index (κ2) is 7.09. The zero-order chi connectivity index (χ0) is 18.8. The minimum Gasteiger partial charge on any atom is -0.370 e. The van der Waals surface area contributed by atoms with E-state index in [-0.39, 0.29) is 6.42 Å². The van der Waals surface area contributed by atoms with Gasteiger partial charge in [-0.25, -0.2) is 15.0 Å². The predicted octanol–water partition coefficient (Wildman–Crippen LogP) is 1.31. The number of benzene rings is 1. The Bertz CT molecular complexity index is 721. The average Bonchev–Trinajstić information content (AvgIpc) is 2.74. The summed E-state index contributed by atoms with van der Waals surface area (Å²) in [4.78, 5) is 48.1. The first-order valence-electron chi connectivity index (χ1n) is 7.44. The smallest absolute Gasteiger partial charge is 0.344 e. The Morgan fingerprint density at radius 3 is 2.40 bits per heavy atom. The van der Waals surface area contributed by atoms with Crippen LogP contribution in [0.1, 0.15) is 20.3 Å². The molecule has 0 saturated carbocycles. The zero-order valence-corrected chi connectivity index (χ0v) is 15.2. The predicted molar refractivity (Wildman–Crippen MR) is 93.1 cm³/mol. The third-order valence-corrected chi connectivity index (χ3v) is 4.40. The van der Waals surface area contributed by atoms with Crippen LogP contribution in [0.4, 0.5) is 15.3 Å². The fraction of sp³-hybridized carbons (Fsp3) is 0.333. The van der Waals surface area contributed by atoms with E-state index < -0.39 is 35.3 Å². The normalized spacial score (nSPS) is 19.8. The van der Waals surface area contributed by atoms with E-state index in [0.29, 0.717) is 10.7 Å². The van der Waals surface area contributed by atoms with Crippen LogP contribution >= 0.6 is 15.9 Å². The Hall–Kier alpha value is -2.62. The second-order valence-electron chi connectivity index (χ2n) is 5.91. The lowest BCUT2D eigenvalue weighted by Crippen LogP contribution is -2.55. The van der Waals surface area contributed by atoms with Crippen LogP contribution in [0.15, 0.2) is 28.7 Å². The van der Waals surface area contributed by atoms with Crippen molar-refractivity contribution in [1.29, 1.82) is 0 Å². The van der Waals surface area contributed by atoms with Gasteiger partial charge < -0.3 is 16.4 Å². The van der Waals surface area contributed by atoms with E-state index >= 15 is 0 Å². The molecule has 0 spiro atoms. The summed E-state index contributed by atoms with van der Waals surface area (Å²) >= 11 is 3.27. The molecule has 0 aliphatic carbocycles. The highest BCUT2D eigenvalue weighted by molar-refractivity contribution is 9.10. The van der Waals surface area contributed by atoms with Crippen LogP contribution in [-0.4, -0.2) is 34.4 Å². The summed E-state index contributed by atoms with van der Waals surface area (Å²) in [6.45, 7) is 3.35. The molecule has 1 aromatic rings. The van der Waals surface area contributed by atoms with E-state index in [1.54, 1.807) is 38.1 Å². The lowest BCUT2D eigenvalue weighted by Gasteiger charge is -2.29. The Labute approximate surface area is 152 Å². The monoisotopic (exact) mass is 411 g/mol.